The Morgan fingerprint density at radius 3 is 2.82 bits per heavy atom. The molecule has 1 aliphatic heterocycles. The lowest BCUT2D eigenvalue weighted by Crippen LogP contribution is -2.51. The maximum Gasteiger partial charge on any atom is 0.255 e. The van der Waals surface area contributed by atoms with Gasteiger partial charge >= 0.3 is 0 Å². The summed E-state index contributed by atoms with van der Waals surface area (Å²) >= 11 is 0. The predicted molar refractivity (Wildman–Crippen MR) is 86.7 cm³/mol. The molecule has 0 unspecified atom stereocenters. The highest BCUT2D eigenvalue weighted by Gasteiger charge is 2.39. The second-order valence-corrected chi connectivity index (χ2v) is 7.26. The number of aliphatic hydroxyl groups excluding tert-OH is 1. The van der Waals surface area contributed by atoms with Crippen molar-refractivity contribution in [1.82, 2.24) is 9.88 Å². The number of aromatic amines is 1. The van der Waals surface area contributed by atoms with E-state index in [1.54, 1.807) is 0 Å². The van der Waals surface area contributed by atoms with Crippen LogP contribution in [0.25, 0.3) is 0 Å². The first-order valence-corrected chi connectivity index (χ1v) is 8.70. The number of hydrogen-bond acceptors (Lipinski definition) is 2. The van der Waals surface area contributed by atoms with Gasteiger partial charge in [-0.2, -0.15) is 0 Å². The number of rotatable bonds is 2. The number of aliphatic hydroxyl groups is 1. The molecule has 4 heteroatoms. The van der Waals surface area contributed by atoms with E-state index in [0.29, 0.717) is 5.92 Å². The summed E-state index contributed by atoms with van der Waals surface area (Å²) in [6.07, 6.45) is 9.74. The molecule has 1 aromatic heterocycles. The second-order valence-electron chi connectivity index (χ2n) is 7.26. The number of piperidine rings is 1. The molecule has 2 N–H and O–H groups in total. The minimum Gasteiger partial charge on any atom is -0.393 e. The Bertz CT molecular complexity index is 525. The van der Waals surface area contributed by atoms with Crippen molar-refractivity contribution in [3.8, 4) is 0 Å². The molecular weight excluding hydrogens is 276 g/mol. The fourth-order valence-electron chi connectivity index (χ4n) is 4.30. The zero-order chi connectivity index (χ0) is 15.7. The summed E-state index contributed by atoms with van der Waals surface area (Å²) in [6.45, 7) is 5.07. The molecule has 1 saturated carbocycles. The van der Waals surface area contributed by atoms with Crippen LogP contribution in [0.4, 0.5) is 0 Å². The number of nitrogens with zero attached hydrogens (tertiary/aromatic N) is 1. The molecular formula is C18H28N2O2. The molecule has 22 heavy (non-hydrogen) atoms. The summed E-state index contributed by atoms with van der Waals surface area (Å²) in [5.41, 5.74) is 1.79. The van der Waals surface area contributed by atoms with Crippen LogP contribution in [0, 0.1) is 18.8 Å². The standard InChI is InChI=1S/C18H28N2O2/c1-12-6-7-17(21)14(9-12)16-5-3-4-8-20(16)18(22)15-11-19-10-13(15)2/h10-12,14,16-17,19,21H,3-9H2,1-2H3/t12-,14-,16+,17+/m0/s1. The van der Waals surface area contributed by atoms with Crippen LogP contribution in [0.1, 0.15) is 61.4 Å². The summed E-state index contributed by atoms with van der Waals surface area (Å²) in [5, 5.41) is 10.5. The van der Waals surface area contributed by atoms with Crippen molar-refractivity contribution in [2.24, 2.45) is 11.8 Å². The normalized spacial score (nSPS) is 33.0. The Balaban J connectivity index is 1.82. The third kappa shape index (κ3) is 2.94. The zero-order valence-corrected chi connectivity index (χ0v) is 13.7. The summed E-state index contributed by atoms with van der Waals surface area (Å²) < 4.78 is 0. The summed E-state index contributed by atoms with van der Waals surface area (Å²) in [6, 6.07) is 0.202. The van der Waals surface area contributed by atoms with Crippen molar-refractivity contribution in [2.45, 2.75) is 64.5 Å². The van der Waals surface area contributed by atoms with Crippen LogP contribution >= 0.6 is 0 Å². The molecule has 1 amide bonds. The Kier molecular flexibility index (Phi) is 4.57. The van der Waals surface area contributed by atoms with Gasteiger partial charge in [-0.3, -0.25) is 4.79 Å². The molecule has 4 atom stereocenters. The van der Waals surface area contributed by atoms with Gasteiger partial charge in [0.15, 0.2) is 0 Å². The third-order valence-electron chi connectivity index (χ3n) is 5.61. The van der Waals surface area contributed by atoms with Crippen molar-refractivity contribution in [3.05, 3.63) is 23.5 Å². The zero-order valence-electron chi connectivity index (χ0n) is 13.7. The number of hydrogen-bond donors (Lipinski definition) is 2. The highest BCUT2D eigenvalue weighted by molar-refractivity contribution is 5.95. The Morgan fingerprint density at radius 2 is 2.09 bits per heavy atom. The third-order valence-corrected chi connectivity index (χ3v) is 5.61. The molecule has 1 aliphatic carbocycles. The van der Waals surface area contributed by atoms with E-state index in [1.807, 2.05) is 24.2 Å². The Morgan fingerprint density at radius 1 is 1.27 bits per heavy atom. The van der Waals surface area contributed by atoms with Gasteiger partial charge in [-0.05, 0) is 56.9 Å². The molecule has 122 valence electrons. The molecule has 0 spiro atoms. The lowest BCUT2D eigenvalue weighted by atomic mass is 9.74. The van der Waals surface area contributed by atoms with E-state index in [-0.39, 0.29) is 24.0 Å². The van der Waals surface area contributed by atoms with Crippen molar-refractivity contribution in [3.63, 3.8) is 0 Å². The van der Waals surface area contributed by atoms with Gasteiger partial charge in [0.25, 0.3) is 5.91 Å². The number of amides is 1. The van der Waals surface area contributed by atoms with Gasteiger partial charge < -0.3 is 15.0 Å². The molecule has 2 aliphatic rings. The fourth-order valence-corrected chi connectivity index (χ4v) is 4.30. The lowest BCUT2D eigenvalue weighted by Gasteiger charge is -2.45. The van der Waals surface area contributed by atoms with E-state index in [0.717, 1.165) is 56.2 Å². The van der Waals surface area contributed by atoms with Crippen LogP contribution in [0.5, 0.6) is 0 Å². The van der Waals surface area contributed by atoms with E-state index < -0.39 is 0 Å². The highest BCUT2D eigenvalue weighted by Crippen LogP contribution is 2.37. The molecule has 2 fully saturated rings. The molecule has 3 rings (SSSR count). The van der Waals surface area contributed by atoms with E-state index in [1.165, 1.54) is 0 Å². The SMILES string of the molecule is Cc1c[nH]cc1C(=O)N1CCCC[C@@H]1[C@@H]1C[C@@H](C)CC[C@H]1O. The van der Waals surface area contributed by atoms with Gasteiger partial charge in [0.1, 0.15) is 0 Å². The number of aromatic nitrogens is 1. The molecule has 2 heterocycles. The quantitative estimate of drug-likeness (QED) is 0.882. The van der Waals surface area contributed by atoms with Crippen LogP contribution in [-0.4, -0.2) is 39.6 Å². The molecule has 4 nitrogen and oxygen atoms in total. The van der Waals surface area contributed by atoms with Crippen LogP contribution in [0.3, 0.4) is 0 Å². The van der Waals surface area contributed by atoms with Crippen molar-refractivity contribution in [2.75, 3.05) is 6.54 Å². The Hall–Kier alpha value is -1.29. The predicted octanol–water partition coefficient (Wildman–Crippen LogP) is 3.11. The number of carbonyl (C=O) groups excluding carboxylic acids is 1. The van der Waals surface area contributed by atoms with Gasteiger partial charge in [-0.25, -0.2) is 0 Å². The van der Waals surface area contributed by atoms with Crippen LogP contribution < -0.4 is 0 Å². The number of nitrogens with one attached hydrogen (secondary N) is 1. The first kappa shape index (κ1) is 15.6. The van der Waals surface area contributed by atoms with Crippen LogP contribution in [-0.2, 0) is 0 Å². The smallest absolute Gasteiger partial charge is 0.255 e. The molecule has 1 aromatic rings. The van der Waals surface area contributed by atoms with Gasteiger partial charge in [-0.1, -0.05) is 6.92 Å². The van der Waals surface area contributed by atoms with Gasteiger partial charge in [0.05, 0.1) is 11.7 Å². The summed E-state index contributed by atoms with van der Waals surface area (Å²) in [7, 11) is 0. The van der Waals surface area contributed by atoms with E-state index in [2.05, 4.69) is 11.9 Å². The average molecular weight is 304 g/mol. The van der Waals surface area contributed by atoms with E-state index in [9.17, 15) is 9.90 Å². The number of likely N-dealkylation sites (tertiary alicyclic amines) is 1. The van der Waals surface area contributed by atoms with Crippen molar-refractivity contribution < 1.29 is 9.90 Å². The van der Waals surface area contributed by atoms with Crippen molar-refractivity contribution in [1.29, 1.82) is 0 Å². The first-order chi connectivity index (χ1) is 10.6. The van der Waals surface area contributed by atoms with Gasteiger partial charge in [-0.15, -0.1) is 0 Å². The average Bonchev–Trinajstić information content (AvgIpc) is 2.95. The van der Waals surface area contributed by atoms with E-state index in [4.69, 9.17) is 0 Å². The highest BCUT2D eigenvalue weighted by atomic mass is 16.3. The minimum absolute atomic E-state index is 0.133. The summed E-state index contributed by atoms with van der Waals surface area (Å²) in [5.74, 6) is 1.03. The number of carbonyl (C=O) groups is 1. The topological polar surface area (TPSA) is 56.3 Å². The van der Waals surface area contributed by atoms with Gasteiger partial charge in [0.2, 0.25) is 0 Å². The Labute approximate surface area is 132 Å². The number of aryl methyl sites for hydroxylation is 1. The van der Waals surface area contributed by atoms with Crippen molar-refractivity contribution >= 4 is 5.91 Å². The van der Waals surface area contributed by atoms with Gasteiger partial charge in [0, 0.05) is 30.9 Å². The lowest BCUT2D eigenvalue weighted by molar-refractivity contribution is -0.0121. The molecule has 0 aromatic carbocycles. The summed E-state index contributed by atoms with van der Waals surface area (Å²) in [4.78, 5) is 18.0. The van der Waals surface area contributed by atoms with Crippen LogP contribution in [0.2, 0.25) is 0 Å². The number of H-pyrrole nitrogens is 1. The maximum atomic E-state index is 12.9. The minimum atomic E-state index is -0.248. The molecule has 0 bridgehead atoms. The monoisotopic (exact) mass is 304 g/mol. The maximum absolute atomic E-state index is 12.9. The molecule has 0 radical (unpaired) electrons. The second kappa shape index (κ2) is 6.45. The largest absolute Gasteiger partial charge is 0.393 e. The van der Waals surface area contributed by atoms with E-state index >= 15 is 0 Å². The van der Waals surface area contributed by atoms with Crippen LogP contribution in [0.15, 0.2) is 12.4 Å². The first-order valence-electron chi connectivity index (χ1n) is 8.70. The molecule has 1 saturated heterocycles. The fraction of sp³-hybridized carbons (Fsp3) is 0.722.